The fraction of sp³-hybridized carbons (Fsp3) is 0.100. The van der Waals surface area contributed by atoms with Gasteiger partial charge in [0.2, 0.25) is 5.76 Å². The van der Waals surface area contributed by atoms with Gasteiger partial charge >= 0.3 is 5.97 Å². The summed E-state index contributed by atoms with van der Waals surface area (Å²) in [5, 5.41) is 19.2. The van der Waals surface area contributed by atoms with Crippen LogP contribution in [0.5, 0.6) is 17.2 Å². The first-order chi connectivity index (χ1) is 13.0. The summed E-state index contributed by atoms with van der Waals surface area (Å²) in [4.78, 5) is 12.3. The number of carboxylic acid groups (broad SMARTS) is 1. The van der Waals surface area contributed by atoms with Gasteiger partial charge in [-0.25, -0.2) is 4.79 Å². The van der Waals surface area contributed by atoms with Gasteiger partial charge in [-0.3, -0.25) is 0 Å². The highest BCUT2D eigenvalue weighted by Crippen LogP contribution is 2.37. The fourth-order valence-corrected chi connectivity index (χ4v) is 3.45. The summed E-state index contributed by atoms with van der Waals surface area (Å²) in [6.45, 7) is 0. The van der Waals surface area contributed by atoms with E-state index >= 15 is 0 Å². The minimum absolute atomic E-state index is 0.217. The zero-order valence-corrected chi connectivity index (χ0v) is 15.4. The summed E-state index contributed by atoms with van der Waals surface area (Å²) in [6.07, 6.45) is 1.46. The van der Waals surface area contributed by atoms with E-state index in [2.05, 4.69) is 0 Å². The van der Waals surface area contributed by atoms with Gasteiger partial charge in [-0.2, -0.15) is 5.26 Å². The van der Waals surface area contributed by atoms with Crippen LogP contribution >= 0.6 is 11.3 Å². The molecule has 0 saturated heterocycles. The van der Waals surface area contributed by atoms with Gasteiger partial charge in [0.15, 0.2) is 11.5 Å². The van der Waals surface area contributed by atoms with Crippen molar-refractivity contribution in [2.45, 2.75) is 0 Å². The number of nitrogens with zero attached hydrogens (tertiary/aromatic N) is 1. The SMILES string of the molecule is COc1cc2cc(/C=C(\Oc3ccc(C#N)cc3)C(=O)O)sc2cc1OC. The Morgan fingerprint density at radius 3 is 2.37 bits per heavy atom. The molecular weight excluding hydrogens is 366 g/mol. The maximum atomic E-state index is 11.6. The summed E-state index contributed by atoms with van der Waals surface area (Å²) in [5.74, 6) is 0.143. The molecule has 1 heterocycles. The third-order valence-corrected chi connectivity index (χ3v) is 4.78. The molecule has 1 aromatic heterocycles. The zero-order valence-electron chi connectivity index (χ0n) is 14.6. The molecule has 3 rings (SSSR count). The summed E-state index contributed by atoms with van der Waals surface area (Å²) in [6, 6.07) is 13.8. The number of methoxy groups -OCH3 is 2. The highest BCUT2D eigenvalue weighted by Gasteiger charge is 2.13. The minimum atomic E-state index is -1.19. The molecule has 1 N–H and O–H groups in total. The normalized spacial score (nSPS) is 11.1. The van der Waals surface area contributed by atoms with Crippen molar-refractivity contribution >= 4 is 33.5 Å². The molecule has 0 spiro atoms. The second-order valence-corrected chi connectivity index (χ2v) is 6.56. The van der Waals surface area contributed by atoms with Gasteiger partial charge in [0.05, 0.1) is 25.9 Å². The van der Waals surface area contributed by atoms with E-state index in [-0.39, 0.29) is 5.76 Å². The van der Waals surface area contributed by atoms with Gasteiger partial charge in [-0.05, 0) is 41.8 Å². The lowest BCUT2D eigenvalue weighted by molar-refractivity contribution is -0.134. The number of carboxylic acids is 1. The molecule has 6 nitrogen and oxygen atoms in total. The van der Waals surface area contributed by atoms with Gasteiger partial charge in [-0.1, -0.05) is 0 Å². The van der Waals surface area contributed by atoms with Crippen LogP contribution in [0, 0.1) is 11.3 Å². The van der Waals surface area contributed by atoms with Crippen molar-refractivity contribution in [2.75, 3.05) is 14.2 Å². The number of hydrogen-bond acceptors (Lipinski definition) is 6. The van der Waals surface area contributed by atoms with Gasteiger partial charge in [0, 0.05) is 21.7 Å². The molecule has 136 valence electrons. The molecule has 0 fully saturated rings. The van der Waals surface area contributed by atoms with Crippen LogP contribution in [0.3, 0.4) is 0 Å². The van der Waals surface area contributed by atoms with E-state index in [1.807, 2.05) is 24.3 Å². The number of fused-ring (bicyclic) bond motifs is 1. The monoisotopic (exact) mass is 381 g/mol. The quantitative estimate of drug-likeness (QED) is 0.506. The second-order valence-electron chi connectivity index (χ2n) is 5.45. The van der Waals surface area contributed by atoms with Crippen LogP contribution in [0.1, 0.15) is 10.4 Å². The number of hydrogen-bond donors (Lipinski definition) is 1. The molecule has 2 aromatic carbocycles. The Hall–Kier alpha value is -3.50. The Morgan fingerprint density at radius 2 is 1.78 bits per heavy atom. The second kappa shape index (κ2) is 7.81. The highest BCUT2D eigenvalue weighted by atomic mass is 32.1. The number of ether oxygens (including phenoxy) is 3. The average molecular weight is 381 g/mol. The van der Waals surface area contributed by atoms with Crippen LogP contribution in [0.15, 0.2) is 48.2 Å². The Bertz CT molecular complexity index is 1020. The lowest BCUT2D eigenvalue weighted by atomic mass is 10.2. The van der Waals surface area contributed by atoms with E-state index in [0.29, 0.717) is 27.7 Å². The van der Waals surface area contributed by atoms with E-state index in [4.69, 9.17) is 19.5 Å². The van der Waals surface area contributed by atoms with Crippen molar-refractivity contribution in [1.82, 2.24) is 0 Å². The largest absolute Gasteiger partial charge is 0.493 e. The molecule has 0 radical (unpaired) electrons. The Morgan fingerprint density at radius 1 is 1.11 bits per heavy atom. The number of rotatable bonds is 6. The minimum Gasteiger partial charge on any atom is -0.493 e. The van der Waals surface area contributed by atoms with Crippen LogP contribution < -0.4 is 14.2 Å². The zero-order chi connectivity index (χ0) is 19.4. The Kier molecular flexibility index (Phi) is 5.29. The summed E-state index contributed by atoms with van der Waals surface area (Å²) >= 11 is 1.41. The average Bonchev–Trinajstić information content (AvgIpc) is 3.07. The summed E-state index contributed by atoms with van der Waals surface area (Å²) < 4.78 is 17.0. The van der Waals surface area contributed by atoms with Gasteiger partial charge in [-0.15, -0.1) is 11.3 Å². The Labute approximate surface area is 159 Å². The van der Waals surface area contributed by atoms with Crippen LogP contribution in [0.4, 0.5) is 0 Å². The van der Waals surface area contributed by atoms with Crippen molar-refractivity contribution in [3.8, 4) is 23.3 Å². The molecule has 3 aromatic rings. The molecular formula is C20H15NO5S. The third kappa shape index (κ3) is 4.02. The predicted octanol–water partition coefficient (Wildman–Crippen LogP) is 4.29. The van der Waals surface area contributed by atoms with Crippen molar-refractivity contribution in [2.24, 2.45) is 0 Å². The smallest absolute Gasteiger partial charge is 0.371 e. The van der Waals surface area contributed by atoms with Crippen LogP contribution in [0.2, 0.25) is 0 Å². The lowest BCUT2D eigenvalue weighted by Gasteiger charge is -2.06. The Balaban J connectivity index is 1.95. The van der Waals surface area contributed by atoms with Crippen LogP contribution in [-0.4, -0.2) is 25.3 Å². The standard InChI is InChI=1S/C20H15NO5S/c1-24-16-8-13-7-15(27-19(13)10-17(16)25-2)9-18(20(22)23)26-14-5-3-12(11-21)4-6-14/h3-10H,1-2H3,(H,22,23)/b18-9-. The topological polar surface area (TPSA) is 88.8 Å². The van der Waals surface area contributed by atoms with E-state index in [1.54, 1.807) is 38.5 Å². The molecule has 0 unspecified atom stereocenters. The van der Waals surface area contributed by atoms with E-state index < -0.39 is 5.97 Å². The van der Waals surface area contributed by atoms with Gasteiger partial charge in [0.25, 0.3) is 0 Å². The number of benzene rings is 2. The molecule has 0 bridgehead atoms. The maximum Gasteiger partial charge on any atom is 0.371 e. The third-order valence-electron chi connectivity index (χ3n) is 3.74. The van der Waals surface area contributed by atoms with Crippen LogP contribution in [-0.2, 0) is 4.79 Å². The molecule has 0 saturated carbocycles. The van der Waals surface area contributed by atoms with Crippen molar-refractivity contribution in [3.05, 3.63) is 58.7 Å². The molecule has 0 aliphatic carbocycles. The molecule has 7 heteroatoms. The molecule has 0 aliphatic rings. The first-order valence-electron chi connectivity index (χ1n) is 7.82. The molecule has 0 amide bonds. The maximum absolute atomic E-state index is 11.6. The summed E-state index contributed by atoms with van der Waals surface area (Å²) in [7, 11) is 3.12. The van der Waals surface area contributed by atoms with Crippen molar-refractivity contribution < 1.29 is 24.1 Å². The van der Waals surface area contributed by atoms with E-state index in [9.17, 15) is 9.90 Å². The molecule has 0 aliphatic heterocycles. The van der Waals surface area contributed by atoms with Gasteiger partial charge < -0.3 is 19.3 Å². The highest BCUT2D eigenvalue weighted by molar-refractivity contribution is 7.19. The number of nitriles is 1. The van der Waals surface area contributed by atoms with Crippen LogP contribution in [0.25, 0.3) is 16.2 Å². The molecule has 0 atom stereocenters. The van der Waals surface area contributed by atoms with Gasteiger partial charge in [0.1, 0.15) is 5.75 Å². The number of aliphatic carboxylic acids is 1. The number of carbonyl (C=O) groups is 1. The van der Waals surface area contributed by atoms with E-state index in [1.165, 1.54) is 17.4 Å². The fourth-order valence-electron chi connectivity index (χ4n) is 2.45. The van der Waals surface area contributed by atoms with Crippen molar-refractivity contribution in [1.29, 1.82) is 5.26 Å². The summed E-state index contributed by atoms with van der Waals surface area (Å²) in [5.41, 5.74) is 0.468. The van der Waals surface area contributed by atoms with Crippen molar-refractivity contribution in [3.63, 3.8) is 0 Å². The lowest BCUT2D eigenvalue weighted by Crippen LogP contribution is -2.07. The first-order valence-corrected chi connectivity index (χ1v) is 8.64. The van der Waals surface area contributed by atoms with E-state index in [0.717, 1.165) is 10.1 Å². The molecule has 27 heavy (non-hydrogen) atoms. The predicted molar refractivity (Wildman–Crippen MR) is 102 cm³/mol. The first kappa shape index (κ1) is 18.3. The number of thiophene rings is 1.